The molecule has 2 aliphatic rings. The number of hydrogen-bond acceptors (Lipinski definition) is 3. The lowest BCUT2D eigenvalue weighted by Gasteiger charge is -2.37. The van der Waals surface area contributed by atoms with Crippen LogP contribution in [0, 0.1) is 5.92 Å². The third kappa shape index (κ3) is 2.67. The molecule has 1 spiro atoms. The van der Waals surface area contributed by atoms with Crippen molar-refractivity contribution in [1.82, 2.24) is 4.98 Å². The Hall–Kier alpha value is -0.930. The Morgan fingerprint density at radius 3 is 2.84 bits per heavy atom. The maximum Gasteiger partial charge on any atom is 0.184 e. The van der Waals surface area contributed by atoms with Gasteiger partial charge in [-0.3, -0.25) is 9.78 Å². The predicted octanol–water partition coefficient (Wildman–Crippen LogP) is 3.66. The first-order valence-electron chi connectivity index (χ1n) is 6.98. The fourth-order valence-corrected chi connectivity index (χ4v) is 3.46. The lowest BCUT2D eigenvalue weighted by molar-refractivity contribution is -0.0866. The Labute approximate surface area is 118 Å². The van der Waals surface area contributed by atoms with Gasteiger partial charge >= 0.3 is 0 Å². The highest BCUT2D eigenvalue weighted by Gasteiger charge is 2.42. The van der Waals surface area contributed by atoms with Crippen molar-refractivity contribution < 1.29 is 9.53 Å². The smallest absolute Gasteiger partial charge is 0.184 e. The molecule has 1 aliphatic carbocycles. The number of hydrogen-bond donors (Lipinski definition) is 0. The van der Waals surface area contributed by atoms with Crippen molar-refractivity contribution in [2.45, 2.75) is 44.1 Å². The van der Waals surface area contributed by atoms with Crippen LogP contribution >= 0.6 is 11.6 Å². The monoisotopic (exact) mass is 279 g/mol. The van der Waals surface area contributed by atoms with Crippen molar-refractivity contribution in [3.8, 4) is 0 Å². The molecule has 0 N–H and O–H groups in total. The van der Waals surface area contributed by atoms with Gasteiger partial charge in [0, 0.05) is 18.7 Å². The molecule has 1 aromatic rings. The Bertz CT molecular complexity index is 466. The normalized spacial score (nSPS) is 25.6. The van der Waals surface area contributed by atoms with Crippen molar-refractivity contribution in [3.63, 3.8) is 0 Å². The molecule has 1 saturated heterocycles. The van der Waals surface area contributed by atoms with E-state index in [1.807, 2.05) is 0 Å². The molecule has 4 heteroatoms. The number of ether oxygens (including phenoxy) is 1. The number of nitrogens with zero attached hydrogens (tertiary/aromatic N) is 1. The maximum atomic E-state index is 12.5. The first-order chi connectivity index (χ1) is 9.19. The first-order valence-corrected chi connectivity index (χ1v) is 7.36. The topological polar surface area (TPSA) is 39.2 Å². The minimum Gasteiger partial charge on any atom is -0.375 e. The van der Waals surface area contributed by atoms with E-state index < -0.39 is 0 Å². The summed E-state index contributed by atoms with van der Waals surface area (Å²) in [7, 11) is 0. The molecule has 0 bridgehead atoms. The van der Waals surface area contributed by atoms with Crippen molar-refractivity contribution >= 4 is 17.4 Å². The number of pyridine rings is 1. The predicted molar refractivity (Wildman–Crippen MR) is 73.5 cm³/mol. The van der Waals surface area contributed by atoms with Gasteiger partial charge in [-0.25, -0.2) is 0 Å². The van der Waals surface area contributed by atoms with Crippen LogP contribution in [0.1, 0.15) is 49.0 Å². The van der Waals surface area contributed by atoms with Crippen LogP contribution in [0.2, 0.25) is 5.02 Å². The summed E-state index contributed by atoms with van der Waals surface area (Å²) in [5, 5.41) is 0.566. The molecule has 1 saturated carbocycles. The van der Waals surface area contributed by atoms with Crippen LogP contribution < -0.4 is 0 Å². The average Bonchev–Trinajstić information content (AvgIpc) is 2.87. The zero-order chi connectivity index (χ0) is 13.3. The second kappa shape index (κ2) is 5.22. The standard InChI is InChI=1S/C15H18ClNO2/c16-12-3-4-13(17-10-12)14(18)11-5-8-19-15(9-11)6-1-2-7-15/h3-4,10-11H,1-2,5-9H2. The highest BCUT2D eigenvalue weighted by Crippen LogP contribution is 2.42. The quantitative estimate of drug-likeness (QED) is 0.776. The first kappa shape index (κ1) is 13.1. The van der Waals surface area contributed by atoms with Gasteiger partial charge in [-0.15, -0.1) is 0 Å². The fourth-order valence-electron chi connectivity index (χ4n) is 3.35. The highest BCUT2D eigenvalue weighted by atomic mass is 35.5. The summed E-state index contributed by atoms with van der Waals surface area (Å²) in [5.41, 5.74) is 0.509. The van der Waals surface area contributed by atoms with Crippen LogP contribution in [0.5, 0.6) is 0 Å². The molecule has 2 heterocycles. The maximum absolute atomic E-state index is 12.5. The Kier molecular flexibility index (Phi) is 3.59. The second-order valence-electron chi connectivity index (χ2n) is 5.65. The molecule has 1 atom stereocenters. The Morgan fingerprint density at radius 2 is 2.16 bits per heavy atom. The second-order valence-corrected chi connectivity index (χ2v) is 6.09. The van der Waals surface area contributed by atoms with E-state index in [2.05, 4.69) is 4.98 Å². The molecule has 3 rings (SSSR count). The fraction of sp³-hybridized carbons (Fsp3) is 0.600. The molecule has 1 unspecified atom stereocenters. The van der Waals surface area contributed by atoms with Gasteiger partial charge in [0.1, 0.15) is 5.69 Å². The van der Waals surface area contributed by atoms with Crippen molar-refractivity contribution in [3.05, 3.63) is 29.0 Å². The van der Waals surface area contributed by atoms with Crippen molar-refractivity contribution in [2.24, 2.45) is 5.92 Å². The van der Waals surface area contributed by atoms with E-state index in [4.69, 9.17) is 16.3 Å². The molecule has 2 fully saturated rings. The molecule has 0 aromatic carbocycles. The average molecular weight is 280 g/mol. The summed E-state index contributed by atoms with van der Waals surface area (Å²) in [6, 6.07) is 3.45. The number of carbonyl (C=O) groups is 1. The summed E-state index contributed by atoms with van der Waals surface area (Å²) in [6.45, 7) is 0.698. The third-order valence-corrected chi connectivity index (χ3v) is 4.58. The van der Waals surface area contributed by atoms with E-state index in [1.165, 1.54) is 12.8 Å². The van der Waals surface area contributed by atoms with E-state index in [1.54, 1.807) is 18.3 Å². The molecule has 1 aromatic heterocycles. The van der Waals surface area contributed by atoms with E-state index >= 15 is 0 Å². The van der Waals surface area contributed by atoms with Crippen LogP contribution in [-0.4, -0.2) is 23.0 Å². The number of aromatic nitrogens is 1. The van der Waals surface area contributed by atoms with Gasteiger partial charge in [0.25, 0.3) is 0 Å². The van der Waals surface area contributed by atoms with E-state index in [-0.39, 0.29) is 17.3 Å². The molecule has 102 valence electrons. The van der Waals surface area contributed by atoms with Gasteiger partial charge in [-0.2, -0.15) is 0 Å². The van der Waals surface area contributed by atoms with Gasteiger partial charge in [-0.1, -0.05) is 24.4 Å². The van der Waals surface area contributed by atoms with Crippen LogP contribution in [0.25, 0.3) is 0 Å². The number of Topliss-reactive ketones (excluding diaryl/α,β-unsaturated/α-hetero) is 1. The number of ketones is 1. The molecule has 0 amide bonds. The summed E-state index contributed by atoms with van der Waals surface area (Å²) in [4.78, 5) is 16.6. The lowest BCUT2D eigenvalue weighted by atomic mass is 9.81. The van der Waals surface area contributed by atoms with Gasteiger partial charge in [0.2, 0.25) is 0 Å². The van der Waals surface area contributed by atoms with Gasteiger partial charge in [-0.05, 0) is 37.8 Å². The zero-order valence-corrected chi connectivity index (χ0v) is 11.7. The summed E-state index contributed by atoms with van der Waals surface area (Å²) in [6.07, 6.45) is 7.86. The third-order valence-electron chi connectivity index (χ3n) is 4.36. The Balaban J connectivity index is 1.74. The lowest BCUT2D eigenvalue weighted by Crippen LogP contribution is -2.39. The van der Waals surface area contributed by atoms with Crippen LogP contribution in [0.3, 0.4) is 0 Å². The van der Waals surface area contributed by atoms with Gasteiger partial charge < -0.3 is 4.74 Å². The largest absolute Gasteiger partial charge is 0.375 e. The van der Waals surface area contributed by atoms with Crippen LogP contribution in [-0.2, 0) is 4.74 Å². The highest BCUT2D eigenvalue weighted by molar-refractivity contribution is 6.30. The molecular formula is C15H18ClNO2. The van der Waals surface area contributed by atoms with Crippen LogP contribution in [0.15, 0.2) is 18.3 Å². The van der Waals surface area contributed by atoms with Crippen LogP contribution in [0.4, 0.5) is 0 Å². The molecule has 0 radical (unpaired) electrons. The minimum atomic E-state index is -0.0228. The summed E-state index contributed by atoms with van der Waals surface area (Å²) in [5.74, 6) is 0.201. The van der Waals surface area contributed by atoms with Crippen molar-refractivity contribution in [1.29, 1.82) is 0 Å². The number of rotatable bonds is 2. The molecule has 19 heavy (non-hydrogen) atoms. The molecular weight excluding hydrogens is 262 g/mol. The van der Waals surface area contributed by atoms with E-state index in [9.17, 15) is 4.79 Å². The summed E-state index contributed by atoms with van der Waals surface area (Å²) < 4.78 is 5.97. The zero-order valence-electron chi connectivity index (χ0n) is 10.9. The summed E-state index contributed by atoms with van der Waals surface area (Å²) >= 11 is 5.81. The minimum absolute atomic E-state index is 0.0228. The molecule has 1 aliphatic heterocycles. The SMILES string of the molecule is O=C(c1ccc(Cl)cn1)C1CCOC2(CCCC2)C1. The van der Waals surface area contributed by atoms with E-state index in [0.717, 1.165) is 25.7 Å². The number of halogens is 1. The van der Waals surface area contributed by atoms with E-state index in [0.29, 0.717) is 17.3 Å². The van der Waals surface area contributed by atoms with Gasteiger partial charge in [0.05, 0.1) is 10.6 Å². The molecule has 3 nitrogen and oxygen atoms in total. The van der Waals surface area contributed by atoms with Gasteiger partial charge in [0.15, 0.2) is 5.78 Å². The van der Waals surface area contributed by atoms with Crippen molar-refractivity contribution in [2.75, 3.05) is 6.61 Å². The Morgan fingerprint density at radius 1 is 1.37 bits per heavy atom. The number of carbonyl (C=O) groups excluding carboxylic acids is 1.